The predicted octanol–water partition coefficient (Wildman–Crippen LogP) is 11.4. The summed E-state index contributed by atoms with van der Waals surface area (Å²) in [6.45, 7) is 9.23. The Kier molecular flexibility index (Phi) is 5.65. The van der Waals surface area contributed by atoms with Crippen molar-refractivity contribution >= 4 is 21.9 Å². The van der Waals surface area contributed by atoms with Gasteiger partial charge in [0.05, 0.1) is 5.56 Å². The highest BCUT2D eigenvalue weighted by atomic mass is 16.3. The van der Waals surface area contributed by atoms with Gasteiger partial charge in [0.15, 0.2) is 17.5 Å². The fourth-order valence-electron chi connectivity index (χ4n) is 8.44. The topological polar surface area (TPSA) is 51.8 Å². The first kappa shape index (κ1) is 28.2. The van der Waals surface area contributed by atoms with Gasteiger partial charge in [-0.1, -0.05) is 137 Å². The van der Waals surface area contributed by atoms with E-state index in [0.717, 1.165) is 38.6 Å². The summed E-state index contributed by atoms with van der Waals surface area (Å²) < 4.78 is 6.76. The Morgan fingerprint density at radius 1 is 0.449 bits per heavy atom. The Morgan fingerprint density at radius 2 is 1.06 bits per heavy atom. The summed E-state index contributed by atoms with van der Waals surface area (Å²) in [4.78, 5) is 15.4. The number of fused-ring (bicyclic) bond motifs is 10. The number of hydrogen-bond donors (Lipinski definition) is 0. The second-order valence-corrected chi connectivity index (χ2v) is 14.4. The summed E-state index contributed by atoms with van der Waals surface area (Å²) in [6, 6.07) is 45.0. The molecule has 0 fully saturated rings. The lowest BCUT2D eigenvalue weighted by Crippen LogP contribution is -2.15. The highest BCUT2D eigenvalue weighted by molar-refractivity contribution is 6.17. The molecule has 2 heterocycles. The van der Waals surface area contributed by atoms with E-state index in [1.807, 2.05) is 18.2 Å². The van der Waals surface area contributed by atoms with Gasteiger partial charge in [-0.25, -0.2) is 15.0 Å². The lowest BCUT2D eigenvalue weighted by atomic mass is 9.82. The molecule has 0 saturated heterocycles. The van der Waals surface area contributed by atoms with Crippen molar-refractivity contribution in [2.24, 2.45) is 0 Å². The number of nitrogens with zero attached hydrogens (tertiary/aromatic N) is 3. The smallest absolute Gasteiger partial charge is 0.167 e. The molecule has 2 aliphatic rings. The van der Waals surface area contributed by atoms with Crippen LogP contribution in [0, 0.1) is 0 Å². The highest BCUT2D eigenvalue weighted by Gasteiger charge is 2.38. The first-order valence-corrected chi connectivity index (χ1v) is 17.0. The Labute approximate surface area is 285 Å². The van der Waals surface area contributed by atoms with E-state index in [9.17, 15) is 0 Å². The van der Waals surface area contributed by atoms with Crippen LogP contribution in [0.5, 0.6) is 0 Å². The largest absolute Gasteiger partial charge is 0.455 e. The summed E-state index contributed by atoms with van der Waals surface area (Å²) in [5.41, 5.74) is 14.6. The van der Waals surface area contributed by atoms with E-state index in [-0.39, 0.29) is 10.8 Å². The molecule has 8 aromatic rings. The van der Waals surface area contributed by atoms with Gasteiger partial charge in [0.2, 0.25) is 0 Å². The molecular formula is C45H33N3O. The van der Waals surface area contributed by atoms with Crippen LogP contribution in [-0.4, -0.2) is 15.0 Å². The number of para-hydroxylation sites is 1. The van der Waals surface area contributed by atoms with E-state index in [0.29, 0.717) is 17.5 Å². The Balaban J connectivity index is 1.20. The van der Waals surface area contributed by atoms with Gasteiger partial charge in [0.25, 0.3) is 0 Å². The van der Waals surface area contributed by atoms with Crippen molar-refractivity contribution in [2.75, 3.05) is 0 Å². The summed E-state index contributed by atoms with van der Waals surface area (Å²) in [7, 11) is 0. The van der Waals surface area contributed by atoms with Crippen molar-refractivity contribution < 1.29 is 4.42 Å². The molecule has 0 amide bonds. The minimum atomic E-state index is -0.132. The number of benzene rings is 6. The normalized spacial score (nSPS) is 14.9. The van der Waals surface area contributed by atoms with Crippen LogP contribution < -0.4 is 0 Å². The van der Waals surface area contributed by atoms with Crippen LogP contribution >= 0.6 is 0 Å². The molecule has 0 spiro atoms. The maximum Gasteiger partial charge on any atom is 0.167 e. The summed E-state index contributed by atoms with van der Waals surface area (Å²) in [6.07, 6.45) is 0. The molecule has 0 N–H and O–H groups in total. The van der Waals surface area contributed by atoms with Gasteiger partial charge in [-0.05, 0) is 62.7 Å². The summed E-state index contributed by atoms with van der Waals surface area (Å²) >= 11 is 0. The third-order valence-corrected chi connectivity index (χ3v) is 11.0. The average Bonchev–Trinajstić information content (AvgIpc) is 3.71. The van der Waals surface area contributed by atoms with Gasteiger partial charge in [-0.3, -0.25) is 0 Å². The van der Waals surface area contributed by atoms with E-state index in [1.165, 1.54) is 44.5 Å². The highest BCUT2D eigenvalue weighted by Crippen LogP contribution is 2.53. The van der Waals surface area contributed by atoms with E-state index in [2.05, 4.69) is 137 Å². The number of aromatic nitrogens is 3. The molecule has 2 aliphatic carbocycles. The minimum absolute atomic E-state index is 0.0964. The molecule has 10 rings (SSSR count). The third-order valence-electron chi connectivity index (χ3n) is 11.0. The maximum atomic E-state index is 6.76. The van der Waals surface area contributed by atoms with E-state index in [1.54, 1.807) is 0 Å². The van der Waals surface area contributed by atoms with Gasteiger partial charge < -0.3 is 4.42 Å². The van der Waals surface area contributed by atoms with Crippen molar-refractivity contribution in [3.8, 4) is 56.4 Å². The van der Waals surface area contributed by atoms with Crippen LogP contribution in [0.2, 0.25) is 0 Å². The predicted molar refractivity (Wildman–Crippen MR) is 199 cm³/mol. The van der Waals surface area contributed by atoms with Gasteiger partial charge in [-0.15, -0.1) is 0 Å². The van der Waals surface area contributed by atoms with Crippen molar-refractivity contribution in [1.29, 1.82) is 0 Å². The Bertz CT molecular complexity index is 2660. The van der Waals surface area contributed by atoms with Crippen molar-refractivity contribution in [3.05, 3.63) is 150 Å². The van der Waals surface area contributed by atoms with Crippen LogP contribution in [-0.2, 0) is 10.8 Å². The summed E-state index contributed by atoms with van der Waals surface area (Å²) in [5, 5.41) is 2.21. The third kappa shape index (κ3) is 3.89. The van der Waals surface area contributed by atoms with E-state index in [4.69, 9.17) is 19.4 Å². The first-order chi connectivity index (χ1) is 23.8. The monoisotopic (exact) mass is 631 g/mol. The molecule has 0 unspecified atom stereocenters. The maximum absolute atomic E-state index is 6.76. The van der Waals surface area contributed by atoms with Crippen LogP contribution in [0.3, 0.4) is 0 Å². The standard InChI is InChI=1S/C45H33N3O/c1-44(2)34-20-11-9-16-30(34)38-35(44)23-24-37-39(38)31-17-12-18-32(40(31)49-37)43-47-41(26-13-6-5-7-14-26)46-42(48-43)27-21-22-29-28-15-8-10-19-33(28)45(3,4)36(29)25-27/h5-25H,1-4H3. The Morgan fingerprint density at radius 3 is 1.86 bits per heavy atom. The van der Waals surface area contributed by atoms with Crippen molar-refractivity contribution in [1.82, 2.24) is 15.0 Å². The van der Waals surface area contributed by atoms with Crippen molar-refractivity contribution in [3.63, 3.8) is 0 Å². The molecular weight excluding hydrogens is 599 g/mol. The van der Waals surface area contributed by atoms with Crippen LogP contribution in [0.1, 0.15) is 49.9 Å². The zero-order valence-electron chi connectivity index (χ0n) is 27.9. The first-order valence-electron chi connectivity index (χ1n) is 17.0. The van der Waals surface area contributed by atoms with Crippen LogP contribution in [0.4, 0.5) is 0 Å². The van der Waals surface area contributed by atoms with Crippen LogP contribution in [0.25, 0.3) is 78.4 Å². The molecule has 234 valence electrons. The van der Waals surface area contributed by atoms with E-state index >= 15 is 0 Å². The zero-order chi connectivity index (χ0) is 33.1. The zero-order valence-corrected chi connectivity index (χ0v) is 27.9. The molecule has 49 heavy (non-hydrogen) atoms. The SMILES string of the molecule is CC1(C)c2ccccc2-c2ccc(-c3nc(-c4ccccc4)nc(-c4cccc5c4oc4ccc6c(c45)-c4ccccc4C6(C)C)n3)cc21. The molecule has 0 atom stereocenters. The fourth-order valence-corrected chi connectivity index (χ4v) is 8.44. The molecule has 0 aliphatic heterocycles. The average molecular weight is 632 g/mol. The van der Waals surface area contributed by atoms with E-state index < -0.39 is 0 Å². The van der Waals surface area contributed by atoms with Crippen LogP contribution in [0.15, 0.2) is 132 Å². The lowest BCUT2D eigenvalue weighted by molar-refractivity contribution is 0.657. The number of furan rings is 1. The molecule has 0 bridgehead atoms. The van der Waals surface area contributed by atoms with Gasteiger partial charge in [0, 0.05) is 32.7 Å². The Hall–Kier alpha value is -5.87. The second-order valence-electron chi connectivity index (χ2n) is 14.4. The number of rotatable bonds is 3. The quantitative estimate of drug-likeness (QED) is 0.195. The molecule has 6 aromatic carbocycles. The molecule has 0 saturated carbocycles. The van der Waals surface area contributed by atoms with Gasteiger partial charge >= 0.3 is 0 Å². The molecule has 0 radical (unpaired) electrons. The lowest BCUT2D eigenvalue weighted by Gasteiger charge is -2.21. The second kappa shape index (κ2) is 9.83. The fraction of sp³-hybridized carbons (Fsp3) is 0.133. The van der Waals surface area contributed by atoms with Crippen molar-refractivity contribution in [2.45, 2.75) is 38.5 Å². The molecule has 4 heteroatoms. The summed E-state index contributed by atoms with van der Waals surface area (Å²) in [5.74, 6) is 1.87. The van der Waals surface area contributed by atoms with Gasteiger partial charge in [0.1, 0.15) is 11.2 Å². The molecule has 4 nitrogen and oxygen atoms in total. The molecule has 2 aromatic heterocycles. The van der Waals surface area contributed by atoms with Gasteiger partial charge in [-0.2, -0.15) is 0 Å². The minimum Gasteiger partial charge on any atom is -0.455 e. The number of hydrogen-bond acceptors (Lipinski definition) is 4.